The first-order valence-corrected chi connectivity index (χ1v) is 12.3. The van der Waals surface area contributed by atoms with Gasteiger partial charge in [-0.1, -0.05) is 11.6 Å². The van der Waals surface area contributed by atoms with Crippen LogP contribution in [0.4, 0.5) is 4.39 Å². The highest BCUT2D eigenvalue weighted by Crippen LogP contribution is 2.39. The number of halogens is 2. The molecule has 1 aromatic carbocycles. The zero-order valence-electron chi connectivity index (χ0n) is 19.3. The molecule has 1 saturated heterocycles. The Kier molecular flexibility index (Phi) is 5.61. The third-order valence-corrected chi connectivity index (χ3v) is 7.24. The fourth-order valence-corrected chi connectivity index (χ4v) is 5.41. The van der Waals surface area contributed by atoms with Crippen LogP contribution < -0.4 is 5.56 Å². The van der Waals surface area contributed by atoms with Crippen molar-refractivity contribution in [3.05, 3.63) is 86.6 Å². The van der Waals surface area contributed by atoms with Crippen molar-refractivity contribution in [3.63, 3.8) is 0 Å². The normalized spacial score (nSPS) is 19.7. The summed E-state index contributed by atoms with van der Waals surface area (Å²) < 4.78 is 22.9. The van der Waals surface area contributed by atoms with Crippen molar-refractivity contribution in [2.75, 3.05) is 6.61 Å². The second-order valence-electron chi connectivity index (χ2n) is 9.32. The Balaban J connectivity index is 1.51. The highest BCUT2D eigenvalue weighted by atomic mass is 35.5. The minimum Gasteiger partial charge on any atom is -0.373 e. The highest BCUT2D eigenvalue weighted by molar-refractivity contribution is 6.30. The molecule has 4 aromatic rings. The van der Waals surface area contributed by atoms with Crippen LogP contribution in [-0.4, -0.2) is 26.1 Å². The van der Waals surface area contributed by atoms with E-state index in [1.54, 1.807) is 22.9 Å². The van der Waals surface area contributed by atoms with Gasteiger partial charge in [-0.25, -0.2) is 9.37 Å². The summed E-state index contributed by atoms with van der Waals surface area (Å²) in [5.74, 6) is 0.299. The molecule has 5 heterocycles. The van der Waals surface area contributed by atoms with Crippen LogP contribution in [-0.2, 0) is 17.7 Å². The number of hydrogen-bond donors (Lipinski definition) is 0. The van der Waals surface area contributed by atoms with E-state index in [2.05, 4.69) is 4.98 Å². The third-order valence-electron chi connectivity index (χ3n) is 7.00. The molecular weight excluding hydrogens is 467 g/mol. The van der Waals surface area contributed by atoms with Crippen LogP contribution in [0.1, 0.15) is 54.1 Å². The SMILES string of the molecule is Cc1cc([C@@H]2C[C@H](c3cc4c(=O)n5c(nc4c(-c4ccc(Cl)cc4F)n3)CCC5)CCO2)ccn1. The molecule has 6 nitrogen and oxygen atoms in total. The minimum absolute atomic E-state index is 0.0541. The number of benzene rings is 1. The lowest BCUT2D eigenvalue weighted by Gasteiger charge is -2.30. The Labute approximate surface area is 206 Å². The number of nitrogens with zero attached hydrogens (tertiary/aromatic N) is 4. The number of pyridine rings is 2. The fraction of sp³-hybridized carbons (Fsp3) is 0.333. The van der Waals surface area contributed by atoms with Gasteiger partial charge in [0.2, 0.25) is 0 Å². The van der Waals surface area contributed by atoms with E-state index in [1.165, 1.54) is 6.07 Å². The van der Waals surface area contributed by atoms with Crippen LogP contribution in [0, 0.1) is 12.7 Å². The molecular formula is C27H24ClFN4O2. The summed E-state index contributed by atoms with van der Waals surface area (Å²) >= 11 is 6.02. The molecule has 0 bridgehead atoms. The maximum Gasteiger partial charge on any atom is 0.261 e. The first kappa shape index (κ1) is 22.3. The summed E-state index contributed by atoms with van der Waals surface area (Å²) in [5, 5.41) is 0.786. The van der Waals surface area contributed by atoms with Gasteiger partial charge in [0.05, 0.1) is 17.2 Å². The van der Waals surface area contributed by atoms with Crippen LogP contribution in [0.3, 0.4) is 0 Å². The standard InChI is InChI=1S/C27H24ClFN4O2/c1-15-11-17(6-8-30-15)23-12-16(7-10-35-23)22-14-20-26(32-24-3-2-9-33(24)27(20)34)25(31-22)19-5-4-18(28)13-21(19)29/h4-6,8,11,13-14,16,23H,2-3,7,9-10,12H2,1H3/t16-,23+/m1/s1. The summed E-state index contributed by atoms with van der Waals surface area (Å²) in [4.78, 5) is 27.5. The van der Waals surface area contributed by atoms with E-state index in [0.29, 0.717) is 46.8 Å². The molecule has 35 heavy (non-hydrogen) atoms. The average molecular weight is 491 g/mol. The second-order valence-corrected chi connectivity index (χ2v) is 9.75. The number of aryl methyl sites for hydroxylation is 2. The topological polar surface area (TPSA) is 69.9 Å². The molecule has 8 heteroatoms. The number of hydrogen-bond acceptors (Lipinski definition) is 5. The van der Waals surface area contributed by atoms with Gasteiger partial charge >= 0.3 is 0 Å². The van der Waals surface area contributed by atoms with Gasteiger partial charge in [-0.2, -0.15) is 0 Å². The van der Waals surface area contributed by atoms with E-state index in [1.807, 2.05) is 25.1 Å². The van der Waals surface area contributed by atoms with E-state index in [9.17, 15) is 4.79 Å². The molecule has 2 aliphatic heterocycles. The largest absolute Gasteiger partial charge is 0.373 e. The van der Waals surface area contributed by atoms with Crippen molar-refractivity contribution < 1.29 is 9.13 Å². The predicted octanol–water partition coefficient (Wildman–Crippen LogP) is 5.54. The fourth-order valence-electron chi connectivity index (χ4n) is 5.25. The summed E-state index contributed by atoms with van der Waals surface area (Å²) in [6, 6.07) is 10.4. The van der Waals surface area contributed by atoms with Crippen LogP contribution in [0.2, 0.25) is 5.02 Å². The maximum atomic E-state index is 15.1. The van der Waals surface area contributed by atoms with E-state index < -0.39 is 5.82 Å². The molecule has 6 rings (SSSR count). The number of fused-ring (bicyclic) bond motifs is 2. The van der Waals surface area contributed by atoms with Crippen molar-refractivity contribution in [2.45, 2.75) is 51.2 Å². The van der Waals surface area contributed by atoms with E-state index in [4.69, 9.17) is 26.3 Å². The van der Waals surface area contributed by atoms with Gasteiger partial charge in [0.1, 0.15) is 17.2 Å². The molecule has 0 N–H and O–H groups in total. The quantitative estimate of drug-likeness (QED) is 0.377. The van der Waals surface area contributed by atoms with Gasteiger partial charge in [0.15, 0.2) is 0 Å². The van der Waals surface area contributed by atoms with Crippen LogP contribution in [0.5, 0.6) is 0 Å². The van der Waals surface area contributed by atoms with Gasteiger partial charge in [0.25, 0.3) is 5.56 Å². The van der Waals surface area contributed by atoms with Crippen LogP contribution in [0.25, 0.3) is 22.2 Å². The van der Waals surface area contributed by atoms with Crippen molar-refractivity contribution in [1.82, 2.24) is 19.5 Å². The van der Waals surface area contributed by atoms with Crippen molar-refractivity contribution >= 4 is 22.5 Å². The van der Waals surface area contributed by atoms with Gasteiger partial charge < -0.3 is 4.74 Å². The first-order valence-electron chi connectivity index (χ1n) is 11.9. The predicted molar refractivity (Wildman–Crippen MR) is 132 cm³/mol. The van der Waals surface area contributed by atoms with E-state index in [-0.39, 0.29) is 17.6 Å². The van der Waals surface area contributed by atoms with E-state index >= 15 is 4.39 Å². The third kappa shape index (κ3) is 4.02. The minimum atomic E-state index is -0.483. The van der Waals surface area contributed by atoms with Gasteiger partial charge in [-0.3, -0.25) is 19.3 Å². The lowest BCUT2D eigenvalue weighted by atomic mass is 9.88. The molecule has 2 aliphatic rings. The van der Waals surface area contributed by atoms with Crippen molar-refractivity contribution in [3.8, 4) is 11.3 Å². The Morgan fingerprint density at radius 1 is 1.17 bits per heavy atom. The molecule has 178 valence electrons. The average Bonchev–Trinajstić information content (AvgIpc) is 3.33. The summed E-state index contributed by atoms with van der Waals surface area (Å²) in [7, 11) is 0. The number of ether oxygens (including phenoxy) is 1. The van der Waals surface area contributed by atoms with E-state index in [0.717, 1.165) is 42.0 Å². The molecule has 1 fully saturated rings. The zero-order chi connectivity index (χ0) is 24.1. The summed E-state index contributed by atoms with van der Waals surface area (Å²) in [5.41, 5.74) is 3.82. The Hall–Kier alpha value is -3.16. The Morgan fingerprint density at radius 3 is 2.89 bits per heavy atom. The number of aromatic nitrogens is 4. The highest BCUT2D eigenvalue weighted by Gasteiger charge is 2.29. The summed E-state index contributed by atoms with van der Waals surface area (Å²) in [6.45, 7) is 3.18. The van der Waals surface area contributed by atoms with Gasteiger partial charge in [-0.05, 0) is 68.1 Å². The lowest BCUT2D eigenvalue weighted by molar-refractivity contribution is 0.00460. The smallest absolute Gasteiger partial charge is 0.261 e. The van der Waals surface area contributed by atoms with Crippen molar-refractivity contribution in [2.24, 2.45) is 0 Å². The molecule has 0 spiro atoms. The second kappa shape index (κ2) is 8.81. The molecule has 0 saturated carbocycles. The molecule has 0 radical (unpaired) electrons. The van der Waals surface area contributed by atoms with Crippen LogP contribution in [0.15, 0.2) is 47.4 Å². The van der Waals surface area contributed by atoms with Crippen molar-refractivity contribution in [1.29, 1.82) is 0 Å². The Morgan fingerprint density at radius 2 is 2.06 bits per heavy atom. The maximum absolute atomic E-state index is 15.1. The molecule has 3 aromatic heterocycles. The molecule has 2 atom stereocenters. The monoisotopic (exact) mass is 490 g/mol. The van der Waals surface area contributed by atoms with Gasteiger partial charge in [-0.15, -0.1) is 0 Å². The van der Waals surface area contributed by atoms with Gasteiger partial charge in [0, 0.05) is 53.7 Å². The van der Waals surface area contributed by atoms with Crippen LogP contribution >= 0.6 is 11.6 Å². The first-order chi connectivity index (χ1) is 17.0. The molecule has 0 unspecified atom stereocenters. The zero-order valence-corrected chi connectivity index (χ0v) is 20.1. The lowest BCUT2D eigenvalue weighted by Crippen LogP contribution is -2.23. The number of rotatable bonds is 3. The Bertz CT molecular complexity index is 1520. The molecule has 0 amide bonds. The molecule has 0 aliphatic carbocycles. The summed E-state index contributed by atoms with van der Waals surface area (Å²) in [6.07, 6.45) is 4.77.